The Morgan fingerprint density at radius 2 is 2.38 bits per heavy atom. The van der Waals surface area contributed by atoms with Gasteiger partial charge in [-0.3, -0.25) is 9.78 Å². The average molecular weight is 224 g/mol. The molecule has 1 N–H and O–H groups in total. The molecule has 1 aromatic heterocycles. The van der Waals surface area contributed by atoms with Crippen LogP contribution in [0.3, 0.4) is 0 Å². The number of carbonyl (C=O) groups is 1. The zero-order valence-electron chi connectivity index (χ0n) is 8.77. The number of nitrogens with zero attached hydrogens (tertiary/aromatic N) is 2. The number of halogens is 1. The van der Waals surface area contributed by atoms with Gasteiger partial charge in [0.1, 0.15) is 5.82 Å². The number of amides is 1. The van der Waals surface area contributed by atoms with Gasteiger partial charge in [-0.05, 0) is 18.9 Å². The summed E-state index contributed by atoms with van der Waals surface area (Å²) in [5.41, 5.74) is 0.231. The molecule has 2 rings (SSSR count). The van der Waals surface area contributed by atoms with Gasteiger partial charge in [0.05, 0.1) is 17.9 Å². The number of pyridine rings is 1. The van der Waals surface area contributed by atoms with Gasteiger partial charge in [0.2, 0.25) is 0 Å². The Balaban J connectivity index is 2.12. The number of aromatic nitrogens is 1. The lowest BCUT2D eigenvalue weighted by Crippen LogP contribution is -2.42. The summed E-state index contributed by atoms with van der Waals surface area (Å²) < 4.78 is 12.9. The number of likely N-dealkylation sites (tertiary alicyclic amines) is 1. The van der Waals surface area contributed by atoms with Crippen LogP contribution in [0.5, 0.6) is 0 Å². The van der Waals surface area contributed by atoms with Crippen LogP contribution in [0.15, 0.2) is 18.5 Å². The third kappa shape index (κ3) is 2.36. The molecule has 0 saturated carbocycles. The van der Waals surface area contributed by atoms with Crippen LogP contribution in [-0.4, -0.2) is 40.1 Å². The Morgan fingerprint density at radius 1 is 1.56 bits per heavy atom. The molecule has 0 aliphatic carbocycles. The molecule has 2 heterocycles. The summed E-state index contributed by atoms with van der Waals surface area (Å²) in [7, 11) is 0. The number of β-amino-alcohol motifs (C(OH)–C–C–N with tert-alkyl or cyclic N) is 1. The molecule has 16 heavy (non-hydrogen) atoms. The van der Waals surface area contributed by atoms with E-state index in [4.69, 9.17) is 0 Å². The average Bonchev–Trinajstić information content (AvgIpc) is 2.28. The van der Waals surface area contributed by atoms with E-state index < -0.39 is 11.9 Å². The lowest BCUT2D eigenvalue weighted by atomic mass is 10.1. The number of rotatable bonds is 1. The summed E-state index contributed by atoms with van der Waals surface area (Å²) in [6.45, 7) is 0.918. The van der Waals surface area contributed by atoms with Gasteiger partial charge in [-0.25, -0.2) is 4.39 Å². The van der Waals surface area contributed by atoms with E-state index in [-0.39, 0.29) is 11.5 Å². The highest BCUT2D eigenvalue weighted by molar-refractivity contribution is 5.94. The summed E-state index contributed by atoms with van der Waals surface area (Å²) >= 11 is 0. The van der Waals surface area contributed by atoms with Crippen LogP contribution in [0, 0.1) is 5.82 Å². The highest BCUT2D eigenvalue weighted by Gasteiger charge is 2.23. The fourth-order valence-corrected chi connectivity index (χ4v) is 1.85. The van der Waals surface area contributed by atoms with Crippen molar-refractivity contribution in [2.75, 3.05) is 13.1 Å². The van der Waals surface area contributed by atoms with Gasteiger partial charge in [0.15, 0.2) is 0 Å². The molecule has 1 aromatic rings. The van der Waals surface area contributed by atoms with Crippen molar-refractivity contribution in [3.05, 3.63) is 29.8 Å². The van der Waals surface area contributed by atoms with Gasteiger partial charge in [-0.1, -0.05) is 0 Å². The van der Waals surface area contributed by atoms with Crippen molar-refractivity contribution in [2.45, 2.75) is 18.9 Å². The van der Waals surface area contributed by atoms with E-state index in [0.717, 1.165) is 18.7 Å². The molecule has 4 nitrogen and oxygen atoms in total. The quantitative estimate of drug-likeness (QED) is 0.768. The first-order valence-corrected chi connectivity index (χ1v) is 5.24. The van der Waals surface area contributed by atoms with E-state index in [2.05, 4.69) is 4.98 Å². The van der Waals surface area contributed by atoms with Crippen molar-refractivity contribution in [1.29, 1.82) is 0 Å². The fourth-order valence-electron chi connectivity index (χ4n) is 1.85. The van der Waals surface area contributed by atoms with Gasteiger partial charge >= 0.3 is 0 Å². The van der Waals surface area contributed by atoms with E-state index in [9.17, 15) is 14.3 Å². The number of aliphatic hydroxyl groups is 1. The molecule has 0 bridgehead atoms. The van der Waals surface area contributed by atoms with Crippen molar-refractivity contribution in [3.8, 4) is 0 Å². The molecule has 1 atom stereocenters. The molecule has 0 aromatic carbocycles. The predicted octanol–water partition coefficient (Wildman–Crippen LogP) is 0.818. The highest BCUT2D eigenvalue weighted by atomic mass is 19.1. The molecule has 0 spiro atoms. The van der Waals surface area contributed by atoms with Crippen LogP contribution in [-0.2, 0) is 0 Å². The third-order valence-corrected chi connectivity index (χ3v) is 2.64. The molecule has 1 amide bonds. The molecule has 1 saturated heterocycles. The SMILES string of the molecule is O=C(c1cncc(F)c1)N1CCCC(O)C1. The maximum atomic E-state index is 12.9. The minimum Gasteiger partial charge on any atom is -0.391 e. The Morgan fingerprint density at radius 3 is 3.06 bits per heavy atom. The first kappa shape index (κ1) is 11.0. The summed E-state index contributed by atoms with van der Waals surface area (Å²) in [5, 5.41) is 9.45. The van der Waals surface area contributed by atoms with E-state index in [1.165, 1.54) is 11.1 Å². The van der Waals surface area contributed by atoms with Crippen molar-refractivity contribution in [1.82, 2.24) is 9.88 Å². The second kappa shape index (κ2) is 4.57. The van der Waals surface area contributed by atoms with Gasteiger partial charge in [0, 0.05) is 19.3 Å². The smallest absolute Gasteiger partial charge is 0.255 e. The summed E-state index contributed by atoms with van der Waals surface area (Å²) in [4.78, 5) is 17.1. The minimum absolute atomic E-state index is 0.231. The van der Waals surface area contributed by atoms with Crippen molar-refractivity contribution in [2.24, 2.45) is 0 Å². The van der Waals surface area contributed by atoms with Crippen LogP contribution < -0.4 is 0 Å². The van der Waals surface area contributed by atoms with Crippen LogP contribution >= 0.6 is 0 Å². The third-order valence-electron chi connectivity index (χ3n) is 2.64. The molecule has 1 fully saturated rings. The molecule has 86 valence electrons. The maximum Gasteiger partial charge on any atom is 0.255 e. The maximum absolute atomic E-state index is 12.9. The lowest BCUT2D eigenvalue weighted by molar-refractivity contribution is 0.0473. The van der Waals surface area contributed by atoms with Crippen molar-refractivity contribution < 1.29 is 14.3 Å². The zero-order valence-corrected chi connectivity index (χ0v) is 8.77. The Bertz CT molecular complexity index is 397. The Kier molecular flexibility index (Phi) is 3.14. The second-order valence-electron chi connectivity index (χ2n) is 3.94. The van der Waals surface area contributed by atoms with Crippen LogP contribution in [0.25, 0.3) is 0 Å². The molecule has 1 aliphatic heterocycles. The molecule has 5 heteroatoms. The largest absolute Gasteiger partial charge is 0.391 e. The zero-order chi connectivity index (χ0) is 11.5. The van der Waals surface area contributed by atoms with Crippen LogP contribution in [0.2, 0.25) is 0 Å². The molecule has 1 aliphatic rings. The number of carbonyl (C=O) groups excluding carboxylic acids is 1. The summed E-state index contributed by atoms with van der Waals surface area (Å²) in [6.07, 6.45) is 3.41. The second-order valence-corrected chi connectivity index (χ2v) is 3.94. The van der Waals surface area contributed by atoms with Crippen molar-refractivity contribution >= 4 is 5.91 Å². The van der Waals surface area contributed by atoms with Crippen LogP contribution in [0.1, 0.15) is 23.2 Å². The van der Waals surface area contributed by atoms with E-state index in [1.807, 2.05) is 0 Å². The molecule has 1 unspecified atom stereocenters. The first-order chi connectivity index (χ1) is 7.66. The predicted molar refractivity (Wildman–Crippen MR) is 55.3 cm³/mol. The van der Waals surface area contributed by atoms with E-state index >= 15 is 0 Å². The monoisotopic (exact) mass is 224 g/mol. The highest BCUT2D eigenvalue weighted by Crippen LogP contribution is 2.13. The van der Waals surface area contributed by atoms with Gasteiger partial charge < -0.3 is 10.0 Å². The van der Waals surface area contributed by atoms with E-state index in [1.54, 1.807) is 0 Å². The summed E-state index contributed by atoms with van der Waals surface area (Å²) in [6, 6.07) is 1.16. The molecule has 0 radical (unpaired) electrons. The van der Waals surface area contributed by atoms with Gasteiger partial charge in [-0.15, -0.1) is 0 Å². The van der Waals surface area contributed by atoms with Gasteiger partial charge in [0.25, 0.3) is 5.91 Å². The molecular weight excluding hydrogens is 211 g/mol. The Labute approximate surface area is 92.7 Å². The normalized spacial score (nSPS) is 20.9. The Hall–Kier alpha value is -1.49. The summed E-state index contributed by atoms with van der Waals surface area (Å²) in [5.74, 6) is -0.797. The first-order valence-electron chi connectivity index (χ1n) is 5.24. The minimum atomic E-state index is -0.525. The number of hydrogen-bond donors (Lipinski definition) is 1. The lowest BCUT2D eigenvalue weighted by Gasteiger charge is -2.30. The standard InChI is InChI=1S/C11H13FN2O2/c12-9-4-8(5-13-6-9)11(16)14-3-1-2-10(15)7-14/h4-6,10,15H,1-3,7H2. The van der Waals surface area contributed by atoms with Crippen molar-refractivity contribution in [3.63, 3.8) is 0 Å². The fraction of sp³-hybridized carbons (Fsp3) is 0.455. The topological polar surface area (TPSA) is 53.4 Å². The number of hydrogen-bond acceptors (Lipinski definition) is 3. The van der Waals surface area contributed by atoms with E-state index in [0.29, 0.717) is 19.5 Å². The van der Waals surface area contributed by atoms with Crippen LogP contribution in [0.4, 0.5) is 4.39 Å². The number of aliphatic hydroxyl groups excluding tert-OH is 1. The number of piperidine rings is 1. The molecular formula is C11H13FN2O2. The van der Waals surface area contributed by atoms with Gasteiger partial charge in [-0.2, -0.15) is 0 Å².